The van der Waals surface area contributed by atoms with Crippen molar-refractivity contribution >= 4 is 0 Å². The zero-order chi connectivity index (χ0) is 15.2. The Hall–Kier alpha value is -1.98. The lowest BCUT2D eigenvalue weighted by atomic mass is 10.0. The van der Waals surface area contributed by atoms with Crippen LogP contribution in [0.4, 0.5) is 0 Å². The standard InChI is InChI=1S/C16H22N2O3/c1-4-19-13-7-6-12(10-14(13)20-5-2)15(18-17)16-11(3)8-9-21-16/h6-10,15,18H,4-5,17H2,1-3H3. The van der Waals surface area contributed by atoms with Gasteiger partial charge in [0.25, 0.3) is 0 Å². The maximum Gasteiger partial charge on any atom is 0.161 e. The first-order valence-corrected chi connectivity index (χ1v) is 7.10. The molecular weight excluding hydrogens is 268 g/mol. The number of nitrogens with one attached hydrogen (secondary N) is 1. The summed E-state index contributed by atoms with van der Waals surface area (Å²) in [5.74, 6) is 7.94. The van der Waals surface area contributed by atoms with Gasteiger partial charge in [-0.15, -0.1) is 0 Å². The van der Waals surface area contributed by atoms with Gasteiger partial charge in [-0.05, 0) is 50.1 Å². The van der Waals surface area contributed by atoms with Gasteiger partial charge in [0.2, 0.25) is 0 Å². The van der Waals surface area contributed by atoms with Crippen molar-refractivity contribution in [3.63, 3.8) is 0 Å². The van der Waals surface area contributed by atoms with Crippen LogP contribution in [0.3, 0.4) is 0 Å². The first-order chi connectivity index (χ1) is 10.2. The summed E-state index contributed by atoms with van der Waals surface area (Å²) >= 11 is 0. The number of ether oxygens (including phenoxy) is 2. The second-order valence-corrected chi connectivity index (χ2v) is 4.64. The third-order valence-corrected chi connectivity index (χ3v) is 3.23. The van der Waals surface area contributed by atoms with E-state index in [0.717, 1.165) is 22.6 Å². The second kappa shape index (κ2) is 7.15. The summed E-state index contributed by atoms with van der Waals surface area (Å²) in [6.07, 6.45) is 1.66. The van der Waals surface area contributed by atoms with Crippen molar-refractivity contribution in [2.75, 3.05) is 13.2 Å². The van der Waals surface area contributed by atoms with Crippen molar-refractivity contribution in [3.8, 4) is 11.5 Å². The molecule has 1 aromatic heterocycles. The Morgan fingerprint density at radius 1 is 1.14 bits per heavy atom. The first-order valence-electron chi connectivity index (χ1n) is 7.10. The van der Waals surface area contributed by atoms with E-state index in [1.807, 2.05) is 45.0 Å². The number of hydrazine groups is 1. The SMILES string of the molecule is CCOc1ccc(C(NN)c2occc2C)cc1OCC. The van der Waals surface area contributed by atoms with Crippen LogP contribution in [-0.2, 0) is 0 Å². The maximum absolute atomic E-state index is 5.70. The van der Waals surface area contributed by atoms with Crippen LogP contribution in [0.15, 0.2) is 34.9 Å². The normalized spacial score (nSPS) is 12.2. The Bertz CT molecular complexity index is 581. The van der Waals surface area contributed by atoms with Crippen LogP contribution in [0.1, 0.15) is 36.8 Å². The molecule has 0 aliphatic carbocycles. The van der Waals surface area contributed by atoms with E-state index in [-0.39, 0.29) is 6.04 Å². The number of furan rings is 1. The van der Waals surface area contributed by atoms with E-state index in [0.29, 0.717) is 19.0 Å². The molecule has 2 aromatic rings. The monoisotopic (exact) mass is 290 g/mol. The van der Waals surface area contributed by atoms with Gasteiger partial charge in [0.1, 0.15) is 11.8 Å². The molecule has 3 N–H and O–H groups in total. The molecule has 0 spiro atoms. The number of rotatable bonds is 7. The lowest BCUT2D eigenvalue weighted by Crippen LogP contribution is -2.29. The minimum atomic E-state index is -0.227. The minimum Gasteiger partial charge on any atom is -0.490 e. The Labute approximate surface area is 125 Å². The number of aryl methyl sites for hydroxylation is 1. The zero-order valence-corrected chi connectivity index (χ0v) is 12.7. The molecule has 1 unspecified atom stereocenters. The molecule has 0 aliphatic rings. The fourth-order valence-electron chi connectivity index (χ4n) is 2.25. The number of hydrogen-bond donors (Lipinski definition) is 2. The molecule has 21 heavy (non-hydrogen) atoms. The lowest BCUT2D eigenvalue weighted by molar-refractivity contribution is 0.287. The highest BCUT2D eigenvalue weighted by atomic mass is 16.5. The fraction of sp³-hybridized carbons (Fsp3) is 0.375. The van der Waals surface area contributed by atoms with Gasteiger partial charge in [-0.1, -0.05) is 6.07 Å². The van der Waals surface area contributed by atoms with Gasteiger partial charge in [0.05, 0.1) is 19.5 Å². The van der Waals surface area contributed by atoms with E-state index in [2.05, 4.69) is 5.43 Å². The molecule has 1 heterocycles. The van der Waals surface area contributed by atoms with Crippen LogP contribution >= 0.6 is 0 Å². The van der Waals surface area contributed by atoms with Gasteiger partial charge in [-0.25, -0.2) is 5.43 Å². The molecule has 0 bridgehead atoms. The van der Waals surface area contributed by atoms with E-state index in [9.17, 15) is 0 Å². The van der Waals surface area contributed by atoms with E-state index < -0.39 is 0 Å². The number of hydrogen-bond acceptors (Lipinski definition) is 5. The molecular formula is C16H22N2O3. The van der Waals surface area contributed by atoms with E-state index in [4.69, 9.17) is 19.7 Å². The highest BCUT2D eigenvalue weighted by Gasteiger charge is 2.19. The predicted octanol–water partition coefficient (Wildman–Crippen LogP) is 2.94. The van der Waals surface area contributed by atoms with Gasteiger partial charge < -0.3 is 13.9 Å². The lowest BCUT2D eigenvalue weighted by Gasteiger charge is -2.18. The van der Waals surface area contributed by atoms with Gasteiger partial charge in [-0.2, -0.15) is 0 Å². The van der Waals surface area contributed by atoms with Gasteiger partial charge in [0.15, 0.2) is 11.5 Å². The quantitative estimate of drug-likeness (QED) is 0.606. The molecule has 0 aliphatic heterocycles. The van der Waals surface area contributed by atoms with Crippen LogP contribution in [0.2, 0.25) is 0 Å². The highest BCUT2D eigenvalue weighted by Crippen LogP contribution is 2.33. The molecule has 0 amide bonds. The minimum absolute atomic E-state index is 0.227. The summed E-state index contributed by atoms with van der Waals surface area (Å²) in [4.78, 5) is 0. The maximum atomic E-state index is 5.70. The van der Waals surface area contributed by atoms with E-state index in [1.54, 1.807) is 6.26 Å². The molecule has 0 radical (unpaired) electrons. The molecule has 1 aromatic carbocycles. The van der Waals surface area contributed by atoms with Gasteiger partial charge >= 0.3 is 0 Å². The summed E-state index contributed by atoms with van der Waals surface area (Å²) in [5, 5.41) is 0. The Morgan fingerprint density at radius 3 is 2.43 bits per heavy atom. The summed E-state index contributed by atoms with van der Waals surface area (Å²) < 4.78 is 16.8. The van der Waals surface area contributed by atoms with Crippen LogP contribution in [0.25, 0.3) is 0 Å². The third-order valence-electron chi connectivity index (χ3n) is 3.23. The number of benzene rings is 1. The van der Waals surface area contributed by atoms with Crippen molar-refractivity contribution in [2.45, 2.75) is 26.8 Å². The molecule has 5 heteroatoms. The average molecular weight is 290 g/mol. The Kier molecular flexibility index (Phi) is 5.25. The molecule has 0 saturated carbocycles. The van der Waals surface area contributed by atoms with E-state index in [1.165, 1.54) is 0 Å². The molecule has 5 nitrogen and oxygen atoms in total. The fourth-order valence-corrected chi connectivity index (χ4v) is 2.25. The van der Waals surface area contributed by atoms with E-state index >= 15 is 0 Å². The average Bonchev–Trinajstić information content (AvgIpc) is 2.89. The molecule has 1 atom stereocenters. The van der Waals surface area contributed by atoms with Crippen molar-refractivity contribution < 1.29 is 13.9 Å². The summed E-state index contributed by atoms with van der Waals surface area (Å²) in [7, 11) is 0. The van der Waals surface area contributed by atoms with Crippen molar-refractivity contribution in [2.24, 2.45) is 5.84 Å². The van der Waals surface area contributed by atoms with Gasteiger partial charge in [-0.3, -0.25) is 5.84 Å². The van der Waals surface area contributed by atoms with Crippen molar-refractivity contribution in [3.05, 3.63) is 47.4 Å². The van der Waals surface area contributed by atoms with Crippen molar-refractivity contribution in [1.82, 2.24) is 5.43 Å². The Morgan fingerprint density at radius 2 is 1.86 bits per heavy atom. The van der Waals surface area contributed by atoms with Crippen LogP contribution < -0.4 is 20.7 Å². The first kappa shape index (κ1) is 15.4. The highest BCUT2D eigenvalue weighted by molar-refractivity contribution is 5.45. The van der Waals surface area contributed by atoms with Crippen molar-refractivity contribution in [1.29, 1.82) is 0 Å². The smallest absolute Gasteiger partial charge is 0.161 e. The predicted molar refractivity (Wildman–Crippen MR) is 81.4 cm³/mol. The molecule has 114 valence electrons. The molecule has 0 fully saturated rings. The summed E-state index contributed by atoms with van der Waals surface area (Å²) in [6, 6.07) is 7.47. The second-order valence-electron chi connectivity index (χ2n) is 4.64. The van der Waals surface area contributed by atoms with Crippen LogP contribution in [0, 0.1) is 6.92 Å². The van der Waals surface area contributed by atoms with Crippen LogP contribution in [0.5, 0.6) is 11.5 Å². The van der Waals surface area contributed by atoms with Gasteiger partial charge in [0, 0.05) is 0 Å². The molecule has 0 saturated heterocycles. The topological polar surface area (TPSA) is 69.7 Å². The van der Waals surface area contributed by atoms with Crippen LogP contribution in [-0.4, -0.2) is 13.2 Å². The third kappa shape index (κ3) is 3.37. The molecule has 2 rings (SSSR count). The zero-order valence-electron chi connectivity index (χ0n) is 12.7. The summed E-state index contributed by atoms with van der Waals surface area (Å²) in [6.45, 7) is 7.04. The largest absolute Gasteiger partial charge is 0.490 e. The Balaban J connectivity index is 2.38. The summed E-state index contributed by atoms with van der Waals surface area (Å²) in [5.41, 5.74) is 4.80. The number of nitrogens with two attached hydrogens (primary N) is 1.